The highest BCUT2D eigenvalue weighted by Gasteiger charge is 2.35. The minimum Gasteiger partial charge on any atom is -0.357 e. The van der Waals surface area contributed by atoms with Gasteiger partial charge in [0.05, 0.1) is 12.5 Å². The lowest BCUT2D eigenvalue weighted by Gasteiger charge is -2.28. The molecule has 0 spiro atoms. The molecule has 7 heteroatoms. The van der Waals surface area contributed by atoms with E-state index in [1.165, 1.54) is 19.3 Å². The fraction of sp³-hybridized carbons (Fsp3) is 0.478. The number of nitrogens with one attached hydrogen (secondary N) is 1. The summed E-state index contributed by atoms with van der Waals surface area (Å²) in [6.45, 7) is 6.67. The smallest absolute Gasteiger partial charge is 0.227 e. The highest BCUT2D eigenvalue weighted by Crippen LogP contribution is 2.25. The van der Waals surface area contributed by atoms with Gasteiger partial charge in [-0.15, -0.1) is 0 Å². The Morgan fingerprint density at radius 1 is 1.10 bits per heavy atom. The molecule has 2 aliphatic rings. The van der Waals surface area contributed by atoms with Gasteiger partial charge in [-0.05, 0) is 45.2 Å². The van der Waals surface area contributed by atoms with Crippen LogP contribution in [0.15, 0.2) is 30.3 Å². The fourth-order valence-corrected chi connectivity index (χ4v) is 4.14. The van der Waals surface area contributed by atoms with E-state index in [4.69, 9.17) is 0 Å². The summed E-state index contributed by atoms with van der Waals surface area (Å²) < 4.78 is 0. The van der Waals surface area contributed by atoms with Crippen molar-refractivity contribution in [1.82, 2.24) is 15.3 Å². The first kappa shape index (κ1) is 20.3. The van der Waals surface area contributed by atoms with Crippen molar-refractivity contribution in [3.63, 3.8) is 0 Å². The monoisotopic (exact) mass is 407 g/mol. The van der Waals surface area contributed by atoms with Crippen LogP contribution in [0.5, 0.6) is 0 Å². The molecule has 1 N–H and O–H groups in total. The molecule has 2 saturated heterocycles. The third kappa shape index (κ3) is 4.61. The van der Waals surface area contributed by atoms with Crippen LogP contribution < -0.4 is 15.1 Å². The van der Waals surface area contributed by atoms with E-state index in [1.807, 2.05) is 44.2 Å². The molecule has 2 aromatic rings. The molecule has 1 aromatic carbocycles. The Labute approximate surface area is 177 Å². The third-order valence-corrected chi connectivity index (χ3v) is 5.83. The van der Waals surface area contributed by atoms with Gasteiger partial charge in [0.1, 0.15) is 11.6 Å². The van der Waals surface area contributed by atoms with Gasteiger partial charge in [0.15, 0.2) is 0 Å². The van der Waals surface area contributed by atoms with Crippen LogP contribution in [0, 0.1) is 19.8 Å². The normalized spacial score (nSPS) is 19.3. The van der Waals surface area contributed by atoms with Gasteiger partial charge in [-0.3, -0.25) is 9.59 Å². The van der Waals surface area contributed by atoms with Crippen LogP contribution in [-0.4, -0.2) is 41.4 Å². The predicted octanol–water partition coefficient (Wildman–Crippen LogP) is 2.75. The molecule has 1 atom stereocenters. The van der Waals surface area contributed by atoms with Crippen LogP contribution in [0.1, 0.15) is 42.8 Å². The number of nitrogens with zero attached hydrogens (tertiary/aromatic N) is 4. The Hall–Kier alpha value is -2.96. The summed E-state index contributed by atoms with van der Waals surface area (Å²) >= 11 is 0. The van der Waals surface area contributed by atoms with Gasteiger partial charge in [0.25, 0.3) is 0 Å². The topological polar surface area (TPSA) is 78.4 Å². The van der Waals surface area contributed by atoms with E-state index in [-0.39, 0.29) is 30.7 Å². The Bertz CT molecular complexity index is 922. The zero-order valence-corrected chi connectivity index (χ0v) is 17.7. The molecule has 7 nitrogen and oxygen atoms in total. The number of hydrogen-bond acceptors (Lipinski definition) is 5. The minimum atomic E-state index is -0.356. The van der Waals surface area contributed by atoms with Crippen LogP contribution in [0.2, 0.25) is 0 Å². The molecule has 1 unspecified atom stereocenters. The number of aryl methyl sites for hydroxylation is 2. The lowest BCUT2D eigenvalue weighted by molar-refractivity contribution is -0.126. The largest absolute Gasteiger partial charge is 0.357 e. The Morgan fingerprint density at radius 3 is 2.57 bits per heavy atom. The lowest BCUT2D eigenvalue weighted by atomic mass is 10.1. The molecule has 3 heterocycles. The summed E-state index contributed by atoms with van der Waals surface area (Å²) in [7, 11) is 0. The fourth-order valence-electron chi connectivity index (χ4n) is 4.14. The maximum atomic E-state index is 12.7. The molecule has 0 aliphatic carbocycles. The van der Waals surface area contributed by atoms with Crippen LogP contribution in [-0.2, 0) is 16.1 Å². The van der Waals surface area contributed by atoms with Gasteiger partial charge in [-0.25, -0.2) is 9.97 Å². The first-order chi connectivity index (χ1) is 14.5. The highest BCUT2D eigenvalue weighted by molar-refractivity contribution is 6.00. The third-order valence-electron chi connectivity index (χ3n) is 5.83. The van der Waals surface area contributed by atoms with E-state index < -0.39 is 0 Å². The van der Waals surface area contributed by atoms with Crippen molar-refractivity contribution in [3.05, 3.63) is 47.4 Å². The van der Waals surface area contributed by atoms with Crippen molar-refractivity contribution in [3.8, 4) is 0 Å². The average molecular weight is 408 g/mol. The zero-order valence-electron chi connectivity index (χ0n) is 17.7. The van der Waals surface area contributed by atoms with E-state index in [1.54, 1.807) is 4.90 Å². The number of rotatable bonds is 5. The van der Waals surface area contributed by atoms with Gasteiger partial charge >= 0.3 is 0 Å². The summed E-state index contributed by atoms with van der Waals surface area (Å²) in [6.07, 6.45) is 3.86. The Kier molecular flexibility index (Phi) is 5.97. The zero-order chi connectivity index (χ0) is 21.1. The van der Waals surface area contributed by atoms with Gasteiger partial charge in [0.2, 0.25) is 11.8 Å². The molecule has 30 heavy (non-hydrogen) atoms. The SMILES string of the molecule is Cc1ccc(N2CC(C(=O)NCc3nc(C)cc(N4CCCCC4)n3)CC2=O)cc1. The molecule has 1 aromatic heterocycles. The maximum absolute atomic E-state index is 12.7. The molecule has 0 bridgehead atoms. The summed E-state index contributed by atoms with van der Waals surface area (Å²) in [5.41, 5.74) is 2.88. The summed E-state index contributed by atoms with van der Waals surface area (Å²) in [5.74, 6) is 1.06. The molecular formula is C23H29N5O2. The first-order valence-corrected chi connectivity index (χ1v) is 10.7. The lowest BCUT2D eigenvalue weighted by Crippen LogP contribution is -2.34. The Balaban J connectivity index is 1.37. The first-order valence-electron chi connectivity index (χ1n) is 10.7. The number of piperidine rings is 1. The van der Waals surface area contributed by atoms with Crippen LogP contribution >= 0.6 is 0 Å². The molecule has 2 aliphatic heterocycles. The number of hydrogen-bond donors (Lipinski definition) is 1. The van der Waals surface area contributed by atoms with E-state index in [9.17, 15) is 9.59 Å². The van der Waals surface area contributed by atoms with Gasteiger partial charge in [0, 0.05) is 43.5 Å². The second-order valence-electron chi connectivity index (χ2n) is 8.29. The van der Waals surface area contributed by atoms with Crippen molar-refractivity contribution >= 4 is 23.3 Å². The van der Waals surface area contributed by atoms with Crippen LogP contribution in [0.3, 0.4) is 0 Å². The summed E-state index contributed by atoms with van der Waals surface area (Å²) in [5, 5.41) is 2.94. The van der Waals surface area contributed by atoms with Gasteiger partial charge in [-0.2, -0.15) is 0 Å². The molecule has 0 saturated carbocycles. The van der Waals surface area contributed by atoms with Crippen LogP contribution in [0.4, 0.5) is 11.5 Å². The van der Waals surface area contributed by atoms with E-state index in [0.717, 1.165) is 35.9 Å². The minimum absolute atomic E-state index is 0.0156. The number of aromatic nitrogens is 2. The second kappa shape index (κ2) is 8.81. The van der Waals surface area contributed by atoms with E-state index >= 15 is 0 Å². The van der Waals surface area contributed by atoms with Gasteiger partial charge < -0.3 is 15.1 Å². The molecule has 2 amide bonds. The predicted molar refractivity (Wildman–Crippen MR) is 116 cm³/mol. The average Bonchev–Trinajstić information content (AvgIpc) is 3.14. The van der Waals surface area contributed by atoms with Crippen LogP contribution in [0.25, 0.3) is 0 Å². The molecular weight excluding hydrogens is 378 g/mol. The molecule has 2 fully saturated rings. The standard InChI is InChI=1S/C23H29N5O2/c1-16-6-8-19(9-7-16)28-15-18(13-22(28)29)23(30)24-14-20-25-17(2)12-21(26-20)27-10-4-3-5-11-27/h6-9,12,18H,3-5,10-11,13-15H2,1-2H3,(H,24,30). The number of carbonyl (C=O) groups excluding carboxylic acids is 2. The number of benzene rings is 1. The van der Waals surface area contributed by atoms with Crippen molar-refractivity contribution in [2.75, 3.05) is 29.4 Å². The highest BCUT2D eigenvalue weighted by atomic mass is 16.2. The molecule has 0 radical (unpaired) electrons. The second-order valence-corrected chi connectivity index (χ2v) is 8.29. The van der Waals surface area contributed by atoms with E-state index in [0.29, 0.717) is 12.4 Å². The number of amides is 2. The molecule has 4 rings (SSSR count). The number of anilines is 2. The summed E-state index contributed by atoms with van der Waals surface area (Å²) in [6, 6.07) is 9.81. The van der Waals surface area contributed by atoms with Crippen molar-refractivity contribution in [2.24, 2.45) is 5.92 Å². The maximum Gasteiger partial charge on any atom is 0.227 e. The Morgan fingerprint density at radius 2 is 1.83 bits per heavy atom. The molecule has 158 valence electrons. The number of carbonyl (C=O) groups is 2. The van der Waals surface area contributed by atoms with Crippen molar-refractivity contribution < 1.29 is 9.59 Å². The van der Waals surface area contributed by atoms with E-state index in [2.05, 4.69) is 20.2 Å². The van der Waals surface area contributed by atoms with Gasteiger partial charge in [-0.1, -0.05) is 17.7 Å². The summed E-state index contributed by atoms with van der Waals surface area (Å²) in [4.78, 5) is 38.3. The van der Waals surface area contributed by atoms with Crippen molar-refractivity contribution in [1.29, 1.82) is 0 Å². The quantitative estimate of drug-likeness (QED) is 0.825. The van der Waals surface area contributed by atoms with Crippen molar-refractivity contribution in [2.45, 2.75) is 46.1 Å².